The lowest BCUT2D eigenvalue weighted by Gasteiger charge is -2.18. The van der Waals surface area contributed by atoms with Crippen LogP contribution in [-0.4, -0.2) is 38.8 Å². The zero-order chi connectivity index (χ0) is 13.0. The Hall–Kier alpha value is -1.26. The van der Waals surface area contributed by atoms with Gasteiger partial charge in [0, 0.05) is 24.7 Å². The summed E-state index contributed by atoms with van der Waals surface area (Å²) in [4.78, 5) is 2.43. The second kappa shape index (κ2) is 6.07. The van der Waals surface area contributed by atoms with Gasteiger partial charge < -0.3 is 15.2 Å². The average molecular weight is 250 g/mol. The molecule has 0 radical (unpaired) electrons. The quantitative estimate of drug-likeness (QED) is 0.860. The molecule has 18 heavy (non-hydrogen) atoms. The molecule has 1 atom stereocenters. The zero-order valence-corrected chi connectivity index (χ0v) is 11.2. The largest absolute Gasteiger partial charge is 0.497 e. The molecule has 1 heterocycles. The number of nitrogens with two attached hydrogens (primary N) is 1. The third kappa shape index (κ3) is 2.94. The molecular weight excluding hydrogens is 228 g/mol. The van der Waals surface area contributed by atoms with Crippen LogP contribution in [0.5, 0.6) is 11.5 Å². The molecule has 100 valence electrons. The van der Waals surface area contributed by atoms with Crippen molar-refractivity contribution in [2.45, 2.75) is 13.0 Å². The van der Waals surface area contributed by atoms with Gasteiger partial charge in [-0.05, 0) is 31.5 Å². The van der Waals surface area contributed by atoms with Gasteiger partial charge in [-0.3, -0.25) is 4.90 Å². The first kappa shape index (κ1) is 13.2. The smallest absolute Gasteiger partial charge is 0.127 e. The molecule has 1 fully saturated rings. The fraction of sp³-hybridized carbons (Fsp3) is 0.571. The van der Waals surface area contributed by atoms with E-state index in [1.165, 1.54) is 12.0 Å². The summed E-state index contributed by atoms with van der Waals surface area (Å²) in [6, 6.07) is 5.99. The fourth-order valence-electron chi connectivity index (χ4n) is 2.47. The van der Waals surface area contributed by atoms with E-state index in [2.05, 4.69) is 11.0 Å². The van der Waals surface area contributed by atoms with E-state index >= 15 is 0 Å². The lowest BCUT2D eigenvalue weighted by molar-refractivity contribution is 0.308. The van der Waals surface area contributed by atoms with Crippen molar-refractivity contribution in [3.63, 3.8) is 0 Å². The van der Waals surface area contributed by atoms with Crippen LogP contribution in [-0.2, 0) is 6.54 Å². The monoisotopic (exact) mass is 250 g/mol. The maximum absolute atomic E-state index is 5.72. The van der Waals surface area contributed by atoms with E-state index in [1.54, 1.807) is 14.2 Å². The molecule has 1 saturated heterocycles. The summed E-state index contributed by atoms with van der Waals surface area (Å²) < 4.78 is 10.6. The highest BCUT2D eigenvalue weighted by atomic mass is 16.5. The molecule has 0 bridgehead atoms. The molecule has 1 aliphatic rings. The van der Waals surface area contributed by atoms with Gasteiger partial charge in [0.15, 0.2) is 0 Å². The number of benzene rings is 1. The predicted octanol–water partition coefficient (Wildman–Crippen LogP) is 1.48. The highest BCUT2D eigenvalue weighted by Gasteiger charge is 2.22. The summed E-state index contributed by atoms with van der Waals surface area (Å²) in [6.45, 7) is 3.92. The molecule has 1 aliphatic heterocycles. The van der Waals surface area contributed by atoms with Crippen molar-refractivity contribution in [3.05, 3.63) is 23.8 Å². The van der Waals surface area contributed by atoms with Crippen molar-refractivity contribution < 1.29 is 9.47 Å². The molecule has 2 N–H and O–H groups in total. The van der Waals surface area contributed by atoms with Crippen molar-refractivity contribution in [1.82, 2.24) is 4.90 Å². The van der Waals surface area contributed by atoms with E-state index in [4.69, 9.17) is 15.2 Å². The second-order valence-corrected chi connectivity index (χ2v) is 4.80. The number of likely N-dealkylation sites (tertiary alicyclic amines) is 1. The van der Waals surface area contributed by atoms with Gasteiger partial charge in [0.2, 0.25) is 0 Å². The Morgan fingerprint density at radius 2 is 2.17 bits per heavy atom. The topological polar surface area (TPSA) is 47.7 Å². The molecule has 0 aliphatic carbocycles. The Labute approximate surface area is 109 Å². The molecule has 0 aromatic heterocycles. The summed E-state index contributed by atoms with van der Waals surface area (Å²) >= 11 is 0. The molecule has 0 spiro atoms. The van der Waals surface area contributed by atoms with Gasteiger partial charge in [0.25, 0.3) is 0 Å². The molecule has 4 nitrogen and oxygen atoms in total. The zero-order valence-electron chi connectivity index (χ0n) is 11.2. The molecule has 1 aromatic carbocycles. The van der Waals surface area contributed by atoms with Crippen molar-refractivity contribution in [3.8, 4) is 11.5 Å². The Balaban J connectivity index is 2.05. The van der Waals surface area contributed by atoms with Crippen LogP contribution in [0.4, 0.5) is 0 Å². The summed E-state index contributed by atoms with van der Waals surface area (Å²) in [6.07, 6.45) is 1.20. The van der Waals surface area contributed by atoms with Crippen LogP contribution in [0.2, 0.25) is 0 Å². The first-order valence-corrected chi connectivity index (χ1v) is 6.40. The summed E-state index contributed by atoms with van der Waals surface area (Å²) in [5, 5.41) is 0. The Kier molecular flexibility index (Phi) is 4.44. The van der Waals surface area contributed by atoms with Gasteiger partial charge in [-0.1, -0.05) is 6.07 Å². The van der Waals surface area contributed by atoms with Crippen LogP contribution in [0, 0.1) is 5.92 Å². The van der Waals surface area contributed by atoms with Crippen molar-refractivity contribution in [1.29, 1.82) is 0 Å². The minimum Gasteiger partial charge on any atom is -0.497 e. The summed E-state index contributed by atoms with van der Waals surface area (Å²) in [7, 11) is 3.37. The van der Waals surface area contributed by atoms with Gasteiger partial charge in [-0.2, -0.15) is 0 Å². The first-order chi connectivity index (χ1) is 8.76. The van der Waals surface area contributed by atoms with E-state index in [1.807, 2.05) is 12.1 Å². The normalized spacial score (nSPS) is 20.1. The van der Waals surface area contributed by atoms with Crippen molar-refractivity contribution in [2.75, 3.05) is 33.9 Å². The number of hydrogen-bond donors (Lipinski definition) is 1. The summed E-state index contributed by atoms with van der Waals surface area (Å²) in [5.74, 6) is 2.37. The lowest BCUT2D eigenvalue weighted by Crippen LogP contribution is -2.23. The van der Waals surface area contributed by atoms with Gasteiger partial charge in [-0.25, -0.2) is 0 Å². The number of nitrogens with zero attached hydrogens (tertiary/aromatic N) is 1. The lowest BCUT2D eigenvalue weighted by atomic mass is 10.1. The minimum atomic E-state index is 0.647. The first-order valence-electron chi connectivity index (χ1n) is 6.40. The van der Waals surface area contributed by atoms with Crippen molar-refractivity contribution >= 4 is 0 Å². The molecule has 1 aromatic rings. The molecule has 0 saturated carbocycles. The van der Waals surface area contributed by atoms with Gasteiger partial charge in [0.1, 0.15) is 11.5 Å². The van der Waals surface area contributed by atoms with Crippen LogP contribution < -0.4 is 15.2 Å². The van der Waals surface area contributed by atoms with E-state index < -0.39 is 0 Å². The average Bonchev–Trinajstić information content (AvgIpc) is 2.87. The minimum absolute atomic E-state index is 0.647. The maximum Gasteiger partial charge on any atom is 0.127 e. The number of rotatable bonds is 5. The Morgan fingerprint density at radius 1 is 1.33 bits per heavy atom. The van der Waals surface area contributed by atoms with E-state index in [9.17, 15) is 0 Å². The van der Waals surface area contributed by atoms with E-state index in [0.29, 0.717) is 5.92 Å². The predicted molar refractivity (Wildman–Crippen MR) is 72.0 cm³/mol. The van der Waals surface area contributed by atoms with Crippen LogP contribution in [0.15, 0.2) is 18.2 Å². The molecule has 4 heteroatoms. The number of hydrogen-bond acceptors (Lipinski definition) is 4. The molecule has 1 unspecified atom stereocenters. The standard InChI is InChI=1S/C14H22N2O2/c1-17-13-4-3-12(14(7-13)18-2)10-16-6-5-11(8-15)9-16/h3-4,7,11H,5-6,8-10,15H2,1-2H3. The second-order valence-electron chi connectivity index (χ2n) is 4.80. The van der Waals surface area contributed by atoms with Gasteiger partial charge in [0.05, 0.1) is 14.2 Å². The SMILES string of the molecule is COc1ccc(CN2CCC(CN)C2)c(OC)c1. The fourth-order valence-corrected chi connectivity index (χ4v) is 2.47. The third-order valence-electron chi connectivity index (χ3n) is 3.59. The van der Waals surface area contributed by atoms with E-state index in [-0.39, 0.29) is 0 Å². The van der Waals surface area contributed by atoms with Crippen LogP contribution >= 0.6 is 0 Å². The Morgan fingerprint density at radius 3 is 2.78 bits per heavy atom. The van der Waals surface area contributed by atoms with Crippen LogP contribution in [0.25, 0.3) is 0 Å². The number of methoxy groups -OCH3 is 2. The maximum atomic E-state index is 5.72. The van der Waals surface area contributed by atoms with Crippen LogP contribution in [0.1, 0.15) is 12.0 Å². The van der Waals surface area contributed by atoms with Gasteiger partial charge in [-0.15, -0.1) is 0 Å². The number of ether oxygens (including phenoxy) is 2. The van der Waals surface area contributed by atoms with Crippen molar-refractivity contribution in [2.24, 2.45) is 11.7 Å². The summed E-state index contributed by atoms with van der Waals surface area (Å²) in [5.41, 5.74) is 6.92. The highest BCUT2D eigenvalue weighted by Crippen LogP contribution is 2.27. The molecule has 0 amide bonds. The molecule has 2 rings (SSSR count). The Bertz CT molecular complexity index is 395. The van der Waals surface area contributed by atoms with Crippen LogP contribution in [0.3, 0.4) is 0 Å². The molecular formula is C14H22N2O2. The highest BCUT2D eigenvalue weighted by molar-refractivity contribution is 5.40. The van der Waals surface area contributed by atoms with Gasteiger partial charge >= 0.3 is 0 Å². The van der Waals surface area contributed by atoms with E-state index in [0.717, 1.165) is 37.7 Å². The third-order valence-corrected chi connectivity index (χ3v) is 3.59.